The topological polar surface area (TPSA) is 55.5 Å². The zero-order valence-corrected chi connectivity index (χ0v) is 9.10. The van der Waals surface area contributed by atoms with E-state index in [2.05, 4.69) is 0 Å². The van der Waals surface area contributed by atoms with Gasteiger partial charge in [0, 0.05) is 12.0 Å². The van der Waals surface area contributed by atoms with Crippen LogP contribution in [0.2, 0.25) is 0 Å². The Hall–Kier alpha value is -1.55. The maximum absolute atomic E-state index is 11.1. The standard InChI is InChI=1S/C11H15NO3/c1-11(2,15-3)10(12(13)14)9-7-5-4-6-8-9/h4-8H,1-3H3,(H,13,14). The molecule has 0 atom stereocenters. The first kappa shape index (κ1) is 11.5. The van der Waals surface area contributed by atoms with Crippen LogP contribution in [0, 0.1) is 5.21 Å². The summed E-state index contributed by atoms with van der Waals surface area (Å²) in [6.45, 7) is 3.44. The fourth-order valence-electron chi connectivity index (χ4n) is 1.38. The molecule has 4 heteroatoms. The van der Waals surface area contributed by atoms with Crippen LogP contribution in [-0.2, 0) is 4.74 Å². The Kier molecular flexibility index (Phi) is 3.31. The number of hydrogen-bond acceptors (Lipinski definition) is 3. The molecule has 0 heterocycles. The monoisotopic (exact) mass is 209 g/mol. The molecule has 1 N–H and O–H groups in total. The fourth-order valence-corrected chi connectivity index (χ4v) is 1.38. The maximum atomic E-state index is 11.1. The van der Waals surface area contributed by atoms with Crippen molar-refractivity contribution in [3.8, 4) is 0 Å². The van der Waals surface area contributed by atoms with Gasteiger partial charge in [0.05, 0.1) is 5.56 Å². The van der Waals surface area contributed by atoms with Crippen molar-refractivity contribution >= 4 is 5.71 Å². The molecule has 0 amide bonds. The molecule has 0 aliphatic rings. The second-order valence-electron chi connectivity index (χ2n) is 3.70. The molecular formula is C11H15NO3. The van der Waals surface area contributed by atoms with Crippen molar-refractivity contribution in [2.45, 2.75) is 19.4 Å². The Bertz CT molecular complexity index is 353. The summed E-state index contributed by atoms with van der Waals surface area (Å²) in [7, 11) is 1.49. The van der Waals surface area contributed by atoms with Gasteiger partial charge in [0.1, 0.15) is 0 Å². The lowest BCUT2D eigenvalue weighted by atomic mass is 9.95. The van der Waals surface area contributed by atoms with Crippen molar-refractivity contribution in [2.75, 3.05) is 7.11 Å². The molecule has 0 aliphatic carbocycles. The Morgan fingerprint density at radius 1 is 1.33 bits per heavy atom. The predicted molar refractivity (Wildman–Crippen MR) is 57.1 cm³/mol. The van der Waals surface area contributed by atoms with Crippen LogP contribution in [0.25, 0.3) is 0 Å². The summed E-state index contributed by atoms with van der Waals surface area (Å²) in [5, 5.41) is 20.2. The van der Waals surface area contributed by atoms with Crippen LogP contribution < -0.4 is 0 Å². The van der Waals surface area contributed by atoms with Gasteiger partial charge in [-0.15, -0.1) is 0 Å². The average molecular weight is 209 g/mol. The Morgan fingerprint density at radius 3 is 2.27 bits per heavy atom. The van der Waals surface area contributed by atoms with Crippen molar-refractivity contribution in [1.29, 1.82) is 0 Å². The first-order valence-corrected chi connectivity index (χ1v) is 4.63. The van der Waals surface area contributed by atoms with Crippen LogP contribution in [0.15, 0.2) is 30.3 Å². The Balaban J connectivity index is 3.24. The van der Waals surface area contributed by atoms with Crippen molar-refractivity contribution in [3.05, 3.63) is 41.1 Å². The number of hydrogen-bond donors (Lipinski definition) is 1. The van der Waals surface area contributed by atoms with Crippen LogP contribution in [0.5, 0.6) is 0 Å². The largest absolute Gasteiger partial charge is 0.417 e. The van der Waals surface area contributed by atoms with Crippen LogP contribution in [-0.4, -0.2) is 28.5 Å². The molecule has 1 aromatic rings. The van der Waals surface area contributed by atoms with E-state index in [9.17, 15) is 5.21 Å². The molecule has 0 radical (unpaired) electrons. The molecular weight excluding hydrogens is 194 g/mol. The van der Waals surface area contributed by atoms with Gasteiger partial charge in [-0.25, -0.2) is 0 Å². The van der Waals surface area contributed by atoms with Gasteiger partial charge in [-0.2, -0.15) is 0 Å². The van der Waals surface area contributed by atoms with E-state index in [1.165, 1.54) is 7.11 Å². The van der Waals surface area contributed by atoms with E-state index in [1.807, 2.05) is 6.07 Å². The molecule has 15 heavy (non-hydrogen) atoms. The second-order valence-corrected chi connectivity index (χ2v) is 3.70. The second kappa shape index (κ2) is 4.31. The summed E-state index contributed by atoms with van der Waals surface area (Å²) in [6, 6.07) is 8.93. The molecule has 0 aromatic heterocycles. The van der Waals surface area contributed by atoms with Crippen molar-refractivity contribution < 1.29 is 14.8 Å². The lowest BCUT2D eigenvalue weighted by Gasteiger charge is -2.20. The minimum Gasteiger partial charge on any atom is -0.417 e. The number of nitrogens with zero attached hydrogens (tertiary/aromatic N) is 1. The molecule has 0 saturated carbocycles. The highest BCUT2D eigenvalue weighted by Gasteiger charge is 2.34. The number of benzene rings is 1. The first-order chi connectivity index (χ1) is 6.99. The van der Waals surface area contributed by atoms with Crippen LogP contribution >= 0.6 is 0 Å². The van der Waals surface area contributed by atoms with E-state index < -0.39 is 5.60 Å². The third kappa shape index (κ3) is 2.47. The zero-order valence-electron chi connectivity index (χ0n) is 9.10. The highest BCUT2D eigenvalue weighted by molar-refractivity contribution is 6.02. The molecule has 0 bridgehead atoms. The fraction of sp³-hybridized carbons (Fsp3) is 0.364. The Labute approximate surface area is 89.0 Å². The van der Waals surface area contributed by atoms with E-state index in [1.54, 1.807) is 38.1 Å². The lowest BCUT2D eigenvalue weighted by Crippen LogP contribution is -2.39. The van der Waals surface area contributed by atoms with Crippen molar-refractivity contribution in [2.24, 2.45) is 0 Å². The molecule has 1 rings (SSSR count). The predicted octanol–water partition coefficient (Wildman–Crippen LogP) is 1.80. The van der Waals surface area contributed by atoms with Crippen LogP contribution in [0.3, 0.4) is 0 Å². The summed E-state index contributed by atoms with van der Waals surface area (Å²) in [5.41, 5.74) is -0.00912. The minimum atomic E-state index is -0.835. The summed E-state index contributed by atoms with van der Waals surface area (Å²) in [4.78, 5) is -0.140. The molecule has 1 aromatic carbocycles. The molecule has 0 unspecified atom stereocenters. The first-order valence-electron chi connectivity index (χ1n) is 4.63. The van der Waals surface area contributed by atoms with E-state index in [-0.39, 0.29) is 10.6 Å². The number of rotatable bonds is 3. The molecule has 4 nitrogen and oxygen atoms in total. The summed E-state index contributed by atoms with van der Waals surface area (Å²) >= 11 is 0. The van der Waals surface area contributed by atoms with Gasteiger partial charge in [-0.05, 0) is 26.0 Å². The molecule has 0 saturated heterocycles. The van der Waals surface area contributed by atoms with Gasteiger partial charge >= 0.3 is 0 Å². The van der Waals surface area contributed by atoms with E-state index >= 15 is 0 Å². The summed E-state index contributed by atoms with van der Waals surface area (Å²) in [5.74, 6) is 0. The van der Waals surface area contributed by atoms with Gasteiger partial charge in [-0.3, -0.25) is 5.21 Å². The molecule has 82 valence electrons. The SMILES string of the molecule is COC(C)(C)C(c1ccccc1)=[N+]([O-])O. The van der Waals surface area contributed by atoms with Crippen LogP contribution in [0.4, 0.5) is 0 Å². The van der Waals surface area contributed by atoms with E-state index in [0.29, 0.717) is 5.56 Å². The average Bonchev–Trinajstić information content (AvgIpc) is 2.18. The van der Waals surface area contributed by atoms with E-state index in [0.717, 1.165) is 0 Å². The molecule has 0 aliphatic heterocycles. The quantitative estimate of drug-likeness (QED) is 0.357. The van der Waals surface area contributed by atoms with Gasteiger partial charge in [-0.1, -0.05) is 18.2 Å². The maximum Gasteiger partial charge on any atom is 0.282 e. The van der Waals surface area contributed by atoms with Gasteiger partial charge in [0.15, 0.2) is 5.60 Å². The van der Waals surface area contributed by atoms with Gasteiger partial charge < -0.3 is 9.94 Å². The number of ether oxygens (including phenoxy) is 1. The minimum absolute atomic E-state index is 0.140. The normalized spacial score (nSPS) is 13.5. The van der Waals surface area contributed by atoms with Crippen LogP contribution in [0.1, 0.15) is 19.4 Å². The summed E-state index contributed by atoms with van der Waals surface area (Å²) < 4.78 is 5.18. The highest BCUT2D eigenvalue weighted by atomic mass is 16.8. The third-order valence-electron chi connectivity index (χ3n) is 2.32. The number of methoxy groups -OCH3 is 1. The zero-order chi connectivity index (χ0) is 11.5. The Morgan fingerprint density at radius 2 is 1.87 bits per heavy atom. The third-order valence-corrected chi connectivity index (χ3v) is 2.32. The van der Waals surface area contributed by atoms with E-state index in [4.69, 9.17) is 9.94 Å². The molecule has 0 spiro atoms. The summed E-state index contributed by atoms with van der Waals surface area (Å²) in [6.07, 6.45) is 0. The smallest absolute Gasteiger partial charge is 0.282 e. The van der Waals surface area contributed by atoms with Crippen molar-refractivity contribution in [3.63, 3.8) is 0 Å². The van der Waals surface area contributed by atoms with Gasteiger partial charge in [0.25, 0.3) is 5.71 Å². The van der Waals surface area contributed by atoms with Crippen molar-refractivity contribution in [1.82, 2.24) is 0 Å². The highest BCUT2D eigenvalue weighted by Crippen LogP contribution is 2.16. The lowest BCUT2D eigenvalue weighted by molar-refractivity contribution is -0.727. The van der Waals surface area contributed by atoms with Gasteiger partial charge in [0.2, 0.25) is 0 Å². The molecule has 0 fully saturated rings.